The molecule has 0 saturated carbocycles. The molecule has 4 aromatic rings. The Morgan fingerprint density at radius 2 is 1.42 bits per heavy atom. The van der Waals surface area contributed by atoms with Crippen LogP contribution in [0.1, 0.15) is 21.6 Å². The van der Waals surface area contributed by atoms with Gasteiger partial charge >= 0.3 is 0 Å². The van der Waals surface area contributed by atoms with Gasteiger partial charge in [-0.25, -0.2) is 4.98 Å². The molecular formula is C27H24N2O4. The monoisotopic (exact) mass is 440 g/mol. The van der Waals surface area contributed by atoms with Gasteiger partial charge in [0.15, 0.2) is 0 Å². The number of carbonyl (C=O) groups is 1. The maximum Gasteiger partial charge on any atom is 0.273 e. The average Bonchev–Trinajstić information content (AvgIpc) is 3.17. The normalized spacial score (nSPS) is 12.7. The largest absolute Gasteiger partial charge is 0.497 e. The predicted molar refractivity (Wildman–Crippen MR) is 127 cm³/mol. The van der Waals surface area contributed by atoms with Gasteiger partial charge in [0.1, 0.15) is 22.9 Å². The number of amides is 1. The quantitative estimate of drug-likeness (QED) is 0.418. The smallest absolute Gasteiger partial charge is 0.273 e. The van der Waals surface area contributed by atoms with Crippen LogP contribution in [0, 0.1) is 0 Å². The van der Waals surface area contributed by atoms with Crippen LogP contribution in [0.3, 0.4) is 0 Å². The molecule has 0 aliphatic carbocycles. The molecule has 1 amide bonds. The zero-order valence-corrected chi connectivity index (χ0v) is 18.8. The SMILES string of the molecule is COc1ccc(CN2Cc3c(nc4ccc(OC)cc4c3-c3ccc(OC)cc3)C2=O)cc1. The molecule has 1 aromatic heterocycles. The van der Waals surface area contributed by atoms with Crippen molar-refractivity contribution in [2.75, 3.05) is 21.3 Å². The van der Waals surface area contributed by atoms with Crippen molar-refractivity contribution in [1.82, 2.24) is 9.88 Å². The van der Waals surface area contributed by atoms with E-state index in [0.29, 0.717) is 18.8 Å². The highest BCUT2D eigenvalue weighted by Crippen LogP contribution is 2.39. The first-order chi connectivity index (χ1) is 16.1. The number of carbonyl (C=O) groups excluding carboxylic acids is 1. The van der Waals surface area contributed by atoms with Gasteiger partial charge in [0, 0.05) is 24.0 Å². The number of benzene rings is 3. The molecule has 6 heteroatoms. The van der Waals surface area contributed by atoms with E-state index >= 15 is 0 Å². The Morgan fingerprint density at radius 1 is 0.818 bits per heavy atom. The number of ether oxygens (including phenoxy) is 3. The number of pyridine rings is 1. The van der Waals surface area contributed by atoms with E-state index in [1.807, 2.05) is 71.6 Å². The lowest BCUT2D eigenvalue weighted by Crippen LogP contribution is -2.23. The van der Waals surface area contributed by atoms with Gasteiger partial charge in [0.2, 0.25) is 0 Å². The molecule has 0 N–H and O–H groups in total. The highest BCUT2D eigenvalue weighted by atomic mass is 16.5. The molecular weight excluding hydrogens is 416 g/mol. The van der Waals surface area contributed by atoms with Crippen molar-refractivity contribution < 1.29 is 19.0 Å². The van der Waals surface area contributed by atoms with Crippen molar-refractivity contribution in [3.63, 3.8) is 0 Å². The molecule has 6 nitrogen and oxygen atoms in total. The summed E-state index contributed by atoms with van der Waals surface area (Å²) in [6.07, 6.45) is 0. The maximum atomic E-state index is 13.4. The Labute approximate surface area is 192 Å². The first-order valence-corrected chi connectivity index (χ1v) is 10.7. The second kappa shape index (κ2) is 8.47. The average molecular weight is 440 g/mol. The van der Waals surface area contributed by atoms with Crippen LogP contribution in [0.5, 0.6) is 17.2 Å². The highest BCUT2D eigenvalue weighted by Gasteiger charge is 2.33. The Kier molecular flexibility index (Phi) is 5.34. The van der Waals surface area contributed by atoms with E-state index in [1.165, 1.54) is 0 Å². The topological polar surface area (TPSA) is 60.9 Å². The second-order valence-electron chi connectivity index (χ2n) is 7.93. The van der Waals surface area contributed by atoms with Gasteiger partial charge < -0.3 is 19.1 Å². The van der Waals surface area contributed by atoms with Crippen molar-refractivity contribution in [3.8, 4) is 28.4 Å². The molecule has 0 atom stereocenters. The third kappa shape index (κ3) is 3.74. The summed E-state index contributed by atoms with van der Waals surface area (Å²) in [6.45, 7) is 0.989. The minimum absolute atomic E-state index is 0.0618. The van der Waals surface area contributed by atoms with E-state index in [-0.39, 0.29) is 5.91 Å². The van der Waals surface area contributed by atoms with Crippen LogP contribution in [0.2, 0.25) is 0 Å². The first-order valence-electron chi connectivity index (χ1n) is 10.7. The second-order valence-corrected chi connectivity index (χ2v) is 7.93. The van der Waals surface area contributed by atoms with Crippen molar-refractivity contribution in [2.24, 2.45) is 0 Å². The molecule has 5 rings (SSSR count). The van der Waals surface area contributed by atoms with Gasteiger partial charge in [-0.1, -0.05) is 24.3 Å². The number of hydrogen-bond donors (Lipinski definition) is 0. The first kappa shape index (κ1) is 20.8. The molecule has 0 bridgehead atoms. The number of nitrogens with zero attached hydrogens (tertiary/aromatic N) is 2. The molecule has 0 spiro atoms. The van der Waals surface area contributed by atoms with E-state index in [1.54, 1.807) is 21.3 Å². The Bertz CT molecular complexity index is 1330. The molecule has 33 heavy (non-hydrogen) atoms. The number of aromatic nitrogens is 1. The predicted octanol–water partition coefficient (Wildman–Crippen LogP) is 5.08. The summed E-state index contributed by atoms with van der Waals surface area (Å²) in [4.78, 5) is 20.0. The fourth-order valence-electron chi connectivity index (χ4n) is 4.32. The number of methoxy groups -OCH3 is 3. The van der Waals surface area contributed by atoms with Crippen LogP contribution in [0.25, 0.3) is 22.0 Å². The Balaban J connectivity index is 1.61. The van der Waals surface area contributed by atoms with Gasteiger partial charge in [-0.05, 0) is 59.2 Å². The maximum absolute atomic E-state index is 13.4. The zero-order chi connectivity index (χ0) is 22.9. The van der Waals surface area contributed by atoms with Crippen LogP contribution in [0.15, 0.2) is 66.7 Å². The minimum Gasteiger partial charge on any atom is -0.497 e. The zero-order valence-electron chi connectivity index (χ0n) is 18.8. The van der Waals surface area contributed by atoms with E-state index in [9.17, 15) is 4.79 Å². The number of fused-ring (bicyclic) bond motifs is 2. The Morgan fingerprint density at radius 3 is 2.06 bits per heavy atom. The van der Waals surface area contributed by atoms with E-state index in [4.69, 9.17) is 19.2 Å². The van der Waals surface area contributed by atoms with Crippen LogP contribution in [-0.4, -0.2) is 37.1 Å². The van der Waals surface area contributed by atoms with Gasteiger partial charge in [-0.3, -0.25) is 4.79 Å². The van der Waals surface area contributed by atoms with Crippen LogP contribution in [-0.2, 0) is 13.1 Å². The standard InChI is InChI=1S/C27H24N2O4/c1-31-19-8-4-17(5-9-19)15-29-16-23-25(18-6-10-20(32-2)11-7-18)22-14-21(33-3)12-13-24(22)28-26(23)27(29)30/h4-14H,15-16H2,1-3H3. The molecule has 0 saturated heterocycles. The third-order valence-corrected chi connectivity index (χ3v) is 6.04. The van der Waals surface area contributed by atoms with E-state index in [0.717, 1.165) is 50.4 Å². The molecule has 166 valence electrons. The molecule has 3 aromatic carbocycles. The summed E-state index contributed by atoms with van der Waals surface area (Å²) in [7, 11) is 4.94. The molecule has 0 radical (unpaired) electrons. The van der Waals surface area contributed by atoms with Crippen LogP contribution >= 0.6 is 0 Å². The summed E-state index contributed by atoms with van der Waals surface area (Å²) in [5.41, 5.74) is 5.24. The fourth-order valence-corrected chi connectivity index (χ4v) is 4.32. The van der Waals surface area contributed by atoms with Gasteiger partial charge in [-0.2, -0.15) is 0 Å². The lowest BCUT2D eigenvalue weighted by atomic mass is 9.95. The summed E-state index contributed by atoms with van der Waals surface area (Å²) in [6, 6.07) is 21.4. The Hall–Kier alpha value is -4.06. The summed E-state index contributed by atoms with van der Waals surface area (Å²) in [5, 5.41) is 0.956. The van der Waals surface area contributed by atoms with Gasteiger partial charge in [0.05, 0.1) is 26.8 Å². The van der Waals surface area contributed by atoms with Gasteiger partial charge in [0.25, 0.3) is 5.91 Å². The summed E-state index contributed by atoms with van der Waals surface area (Å²) < 4.78 is 16.1. The fraction of sp³-hybridized carbons (Fsp3) is 0.185. The lowest BCUT2D eigenvalue weighted by molar-refractivity contribution is 0.0762. The molecule has 1 aliphatic heterocycles. The van der Waals surface area contributed by atoms with Crippen LogP contribution in [0.4, 0.5) is 0 Å². The van der Waals surface area contributed by atoms with Crippen molar-refractivity contribution in [3.05, 3.63) is 83.6 Å². The third-order valence-electron chi connectivity index (χ3n) is 6.04. The lowest BCUT2D eigenvalue weighted by Gasteiger charge is -2.16. The molecule has 2 heterocycles. The molecule has 0 unspecified atom stereocenters. The van der Waals surface area contributed by atoms with Crippen molar-refractivity contribution >= 4 is 16.8 Å². The molecule has 1 aliphatic rings. The minimum atomic E-state index is -0.0618. The van der Waals surface area contributed by atoms with Crippen molar-refractivity contribution in [1.29, 1.82) is 0 Å². The summed E-state index contributed by atoms with van der Waals surface area (Å²) in [5.74, 6) is 2.26. The van der Waals surface area contributed by atoms with Crippen LogP contribution < -0.4 is 14.2 Å². The summed E-state index contributed by atoms with van der Waals surface area (Å²) >= 11 is 0. The van der Waals surface area contributed by atoms with E-state index < -0.39 is 0 Å². The highest BCUT2D eigenvalue weighted by molar-refractivity contribution is 6.06. The van der Waals surface area contributed by atoms with Crippen molar-refractivity contribution in [2.45, 2.75) is 13.1 Å². The molecule has 0 fully saturated rings. The van der Waals surface area contributed by atoms with Gasteiger partial charge in [-0.15, -0.1) is 0 Å². The number of rotatable bonds is 6. The van der Waals surface area contributed by atoms with E-state index in [2.05, 4.69) is 0 Å². The number of hydrogen-bond acceptors (Lipinski definition) is 5.